The van der Waals surface area contributed by atoms with Crippen LogP contribution in [-0.2, 0) is 4.79 Å². The van der Waals surface area contributed by atoms with E-state index in [9.17, 15) is 4.79 Å². The van der Waals surface area contributed by atoms with Crippen LogP contribution >= 0.6 is 0 Å². The maximum Gasteiger partial charge on any atom is 0.234 e. The highest BCUT2D eigenvalue weighted by Gasteiger charge is 2.12. The standard InChI is InChI=1S/C10H15N3O/c1-7(13-8(2)10(11)14)9-3-5-12-6-4-9/h3-8,13H,1-2H3,(H2,11,14)/t7-,8?/m0/s1. The maximum atomic E-state index is 10.8. The molecule has 3 N–H and O–H groups in total. The molecule has 0 aromatic carbocycles. The molecule has 0 aliphatic heterocycles. The zero-order chi connectivity index (χ0) is 10.6. The second-order valence-corrected chi connectivity index (χ2v) is 3.29. The molecule has 1 heterocycles. The summed E-state index contributed by atoms with van der Waals surface area (Å²) in [4.78, 5) is 14.7. The summed E-state index contributed by atoms with van der Waals surface area (Å²) >= 11 is 0. The molecule has 2 atom stereocenters. The summed E-state index contributed by atoms with van der Waals surface area (Å²) in [5.41, 5.74) is 6.24. The molecule has 4 nitrogen and oxygen atoms in total. The number of nitrogens with zero attached hydrogens (tertiary/aromatic N) is 1. The summed E-state index contributed by atoms with van der Waals surface area (Å²) in [5, 5.41) is 3.09. The number of aromatic nitrogens is 1. The van der Waals surface area contributed by atoms with Crippen molar-refractivity contribution < 1.29 is 4.79 Å². The van der Waals surface area contributed by atoms with Crippen LogP contribution in [0.3, 0.4) is 0 Å². The molecule has 1 rings (SSSR count). The lowest BCUT2D eigenvalue weighted by molar-refractivity contribution is -0.119. The Morgan fingerprint density at radius 1 is 1.43 bits per heavy atom. The SMILES string of the molecule is CC(N[C@@H](C)c1ccncc1)C(N)=O. The van der Waals surface area contributed by atoms with Gasteiger partial charge in [0.05, 0.1) is 6.04 Å². The van der Waals surface area contributed by atoms with E-state index < -0.39 is 0 Å². The van der Waals surface area contributed by atoms with Crippen LogP contribution in [0.1, 0.15) is 25.5 Å². The molecule has 14 heavy (non-hydrogen) atoms. The molecule has 1 amide bonds. The Hall–Kier alpha value is -1.42. The van der Waals surface area contributed by atoms with Gasteiger partial charge < -0.3 is 5.73 Å². The van der Waals surface area contributed by atoms with Gasteiger partial charge in [0.25, 0.3) is 0 Å². The van der Waals surface area contributed by atoms with Gasteiger partial charge in [-0.3, -0.25) is 15.1 Å². The quantitative estimate of drug-likeness (QED) is 0.736. The third-order valence-electron chi connectivity index (χ3n) is 2.13. The fraction of sp³-hybridized carbons (Fsp3) is 0.400. The number of nitrogens with two attached hydrogens (primary N) is 1. The van der Waals surface area contributed by atoms with Gasteiger partial charge in [-0.1, -0.05) is 0 Å². The first-order valence-corrected chi connectivity index (χ1v) is 4.56. The number of amides is 1. The van der Waals surface area contributed by atoms with Crippen LogP contribution in [0.2, 0.25) is 0 Å². The van der Waals surface area contributed by atoms with Gasteiger partial charge >= 0.3 is 0 Å². The first-order chi connectivity index (χ1) is 6.61. The Morgan fingerprint density at radius 2 is 2.00 bits per heavy atom. The average Bonchev–Trinajstić information content (AvgIpc) is 2.19. The van der Waals surface area contributed by atoms with E-state index >= 15 is 0 Å². The van der Waals surface area contributed by atoms with Crippen LogP contribution in [-0.4, -0.2) is 16.9 Å². The highest BCUT2D eigenvalue weighted by Crippen LogP contribution is 2.10. The van der Waals surface area contributed by atoms with E-state index in [1.807, 2.05) is 19.1 Å². The minimum absolute atomic E-state index is 0.0977. The van der Waals surface area contributed by atoms with Crippen molar-refractivity contribution in [1.82, 2.24) is 10.3 Å². The lowest BCUT2D eigenvalue weighted by atomic mass is 10.1. The second-order valence-electron chi connectivity index (χ2n) is 3.29. The Labute approximate surface area is 83.5 Å². The molecular weight excluding hydrogens is 178 g/mol. The summed E-state index contributed by atoms with van der Waals surface area (Å²) in [7, 11) is 0. The average molecular weight is 193 g/mol. The van der Waals surface area contributed by atoms with Crippen LogP contribution in [0.15, 0.2) is 24.5 Å². The van der Waals surface area contributed by atoms with Crippen LogP contribution in [0.5, 0.6) is 0 Å². The molecule has 1 unspecified atom stereocenters. The molecule has 0 aliphatic rings. The zero-order valence-electron chi connectivity index (χ0n) is 8.40. The maximum absolute atomic E-state index is 10.8. The minimum atomic E-state index is -0.342. The highest BCUT2D eigenvalue weighted by molar-refractivity contribution is 5.79. The molecule has 0 radical (unpaired) electrons. The number of carbonyl (C=O) groups is 1. The fourth-order valence-electron chi connectivity index (χ4n) is 1.21. The summed E-state index contributed by atoms with van der Waals surface area (Å²) in [5.74, 6) is -0.342. The lowest BCUT2D eigenvalue weighted by Crippen LogP contribution is -2.39. The summed E-state index contributed by atoms with van der Waals surface area (Å²) in [6.07, 6.45) is 3.45. The fourth-order valence-corrected chi connectivity index (χ4v) is 1.21. The normalized spacial score (nSPS) is 14.7. The van der Waals surface area contributed by atoms with Crippen molar-refractivity contribution in [2.75, 3.05) is 0 Å². The molecule has 0 saturated carbocycles. The first-order valence-electron chi connectivity index (χ1n) is 4.56. The Morgan fingerprint density at radius 3 is 2.50 bits per heavy atom. The molecule has 0 saturated heterocycles. The van der Waals surface area contributed by atoms with E-state index in [0.29, 0.717) is 0 Å². The van der Waals surface area contributed by atoms with E-state index in [0.717, 1.165) is 5.56 Å². The third-order valence-corrected chi connectivity index (χ3v) is 2.13. The highest BCUT2D eigenvalue weighted by atomic mass is 16.1. The molecule has 0 aliphatic carbocycles. The Bertz CT molecular complexity index is 299. The van der Waals surface area contributed by atoms with E-state index in [4.69, 9.17) is 5.73 Å². The van der Waals surface area contributed by atoms with Crippen molar-refractivity contribution in [2.24, 2.45) is 5.73 Å². The lowest BCUT2D eigenvalue weighted by Gasteiger charge is -2.17. The van der Waals surface area contributed by atoms with Gasteiger partial charge in [0.1, 0.15) is 0 Å². The number of pyridine rings is 1. The number of carbonyl (C=O) groups excluding carboxylic acids is 1. The molecule has 0 spiro atoms. The van der Waals surface area contributed by atoms with Crippen molar-refractivity contribution in [1.29, 1.82) is 0 Å². The molecular formula is C10H15N3O. The number of primary amides is 1. The molecule has 1 aromatic rings. The number of rotatable bonds is 4. The molecule has 4 heteroatoms. The second kappa shape index (κ2) is 4.72. The summed E-state index contributed by atoms with van der Waals surface area (Å²) in [6, 6.07) is 3.59. The number of hydrogen-bond acceptors (Lipinski definition) is 3. The number of hydrogen-bond donors (Lipinski definition) is 2. The van der Waals surface area contributed by atoms with Crippen LogP contribution in [0, 0.1) is 0 Å². The van der Waals surface area contributed by atoms with Gasteiger partial charge in [-0.2, -0.15) is 0 Å². The zero-order valence-corrected chi connectivity index (χ0v) is 8.40. The van der Waals surface area contributed by atoms with Crippen molar-refractivity contribution in [3.8, 4) is 0 Å². The van der Waals surface area contributed by atoms with Crippen molar-refractivity contribution in [3.05, 3.63) is 30.1 Å². The van der Waals surface area contributed by atoms with Gasteiger partial charge in [0, 0.05) is 18.4 Å². The molecule has 1 aromatic heterocycles. The van der Waals surface area contributed by atoms with Gasteiger partial charge in [-0.05, 0) is 31.5 Å². The predicted octanol–water partition coefficient (Wildman–Crippen LogP) is 0.606. The van der Waals surface area contributed by atoms with Crippen molar-refractivity contribution in [2.45, 2.75) is 25.9 Å². The van der Waals surface area contributed by atoms with Gasteiger partial charge in [-0.15, -0.1) is 0 Å². The van der Waals surface area contributed by atoms with Gasteiger partial charge in [0.15, 0.2) is 0 Å². The van der Waals surface area contributed by atoms with Crippen LogP contribution in [0.25, 0.3) is 0 Å². The van der Waals surface area contributed by atoms with E-state index in [1.54, 1.807) is 19.3 Å². The van der Waals surface area contributed by atoms with Gasteiger partial charge in [-0.25, -0.2) is 0 Å². The molecule has 0 bridgehead atoms. The Balaban J connectivity index is 2.59. The molecule has 0 fully saturated rings. The topological polar surface area (TPSA) is 68.0 Å². The van der Waals surface area contributed by atoms with E-state index in [2.05, 4.69) is 10.3 Å². The van der Waals surface area contributed by atoms with Crippen molar-refractivity contribution >= 4 is 5.91 Å². The predicted molar refractivity (Wildman–Crippen MR) is 54.4 cm³/mol. The summed E-state index contributed by atoms with van der Waals surface area (Å²) < 4.78 is 0. The largest absolute Gasteiger partial charge is 0.368 e. The summed E-state index contributed by atoms with van der Waals surface area (Å²) in [6.45, 7) is 3.73. The van der Waals surface area contributed by atoms with E-state index in [-0.39, 0.29) is 18.0 Å². The minimum Gasteiger partial charge on any atom is -0.368 e. The third kappa shape index (κ3) is 2.81. The van der Waals surface area contributed by atoms with Crippen molar-refractivity contribution in [3.63, 3.8) is 0 Å². The number of nitrogens with one attached hydrogen (secondary N) is 1. The smallest absolute Gasteiger partial charge is 0.234 e. The van der Waals surface area contributed by atoms with Gasteiger partial charge in [0.2, 0.25) is 5.91 Å². The Kier molecular flexibility index (Phi) is 3.59. The first kappa shape index (κ1) is 10.7. The van der Waals surface area contributed by atoms with Crippen LogP contribution < -0.4 is 11.1 Å². The molecule has 76 valence electrons. The van der Waals surface area contributed by atoms with E-state index in [1.165, 1.54) is 0 Å². The van der Waals surface area contributed by atoms with Crippen LogP contribution in [0.4, 0.5) is 0 Å². The monoisotopic (exact) mass is 193 g/mol.